The van der Waals surface area contributed by atoms with Gasteiger partial charge in [-0.1, -0.05) is 6.07 Å². The molecule has 0 saturated heterocycles. The smallest absolute Gasteiger partial charge is 0.255 e. The van der Waals surface area contributed by atoms with Crippen molar-refractivity contribution in [3.05, 3.63) is 53.9 Å². The minimum atomic E-state index is -0.220. The van der Waals surface area contributed by atoms with Gasteiger partial charge >= 0.3 is 0 Å². The number of benzene rings is 1. The van der Waals surface area contributed by atoms with Crippen LogP contribution in [0.15, 0.2) is 42.7 Å². The van der Waals surface area contributed by atoms with E-state index in [-0.39, 0.29) is 11.8 Å². The Labute approximate surface area is 135 Å². The molecule has 0 aliphatic carbocycles. The molecule has 0 aliphatic heterocycles. The number of nitrogens with one attached hydrogen (secondary N) is 2. The normalized spacial score (nSPS) is 10.2. The number of carbonyl (C=O) groups excluding carboxylic acids is 2. The van der Waals surface area contributed by atoms with Gasteiger partial charge in [-0.2, -0.15) is 0 Å². The first kappa shape index (κ1) is 16.6. The standard InChI is InChI=1S/C17H20N4O2/c1-12-4-5-14(20-16(22)3-2-8-18)11-15(12)21-17(23)13-6-9-19-10-7-13/h4-7,9-11H,2-3,8,18H2,1H3,(H,20,22)(H,21,23). The Bertz CT molecular complexity index is 686. The number of hydrogen-bond donors (Lipinski definition) is 3. The summed E-state index contributed by atoms with van der Waals surface area (Å²) in [6.07, 6.45) is 4.15. The zero-order valence-electron chi connectivity index (χ0n) is 13.0. The van der Waals surface area contributed by atoms with Crippen LogP contribution < -0.4 is 16.4 Å². The Morgan fingerprint density at radius 1 is 1.13 bits per heavy atom. The van der Waals surface area contributed by atoms with Crippen LogP contribution in [0, 0.1) is 6.92 Å². The van der Waals surface area contributed by atoms with Crippen molar-refractivity contribution in [2.75, 3.05) is 17.2 Å². The monoisotopic (exact) mass is 312 g/mol. The number of carbonyl (C=O) groups is 2. The highest BCUT2D eigenvalue weighted by Crippen LogP contribution is 2.21. The highest BCUT2D eigenvalue weighted by molar-refractivity contribution is 6.05. The molecule has 0 fully saturated rings. The first-order chi connectivity index (χ1) is 11.1. The second kappa shape index (κ2) is 8.05. The van der Waals surface area contributed by atoms with Crippen molar-refractivity contribution >= 4 is 23.2 Å². The van der Waals surface area contributed by atoms with Crippen LogP contribution >= 0.6 is 0 Å². The Morgan fingerprint density at radius 3 is 2.57 bits per heavy atom. The Kier molecular flexibility index (Phi) is 5.82. The number of rotatable bonds is 6. The van der Waals surface area contributed by atoms with Crippen LogP contribution in [0.25, 0.3) is 0 Å². The fourth-order valence-corrected chi connectivity index (χ4v) is 2.02. The SMILES string of the molecule is Cc1ccc(NC(=O)CCCN)cc1NC(=O)c1ccncc1. The molecule has 2 rings (SSSR count). The quantitative estimate of drug-likeness (QED) is 0.762. The third kappa shape index (κ3) is 4.89. The molecule has 0 atom stereocenters. The maximum Gasteiger partial charge on any atom is 0.255 e. The zero-order valence-corrected chi connectivity index (χ0v) is 13.0. The van der Waals surface area contributed by atoms with Crippen molar-refractivity contribution in [3.63, 3.8) is 0 Å². The van der Waals surface area contributed by atoms with Gasteiger partial charge in [0, 0.05) is 35.8 Å². The maximum atomic E-state index is 12.2. The van der Waals surface area contributed by atoms with E-state index in [0.29, 0.717) is 36.3 Å². The van der Waals surface area contributed by atoms with Gasteiger partial charge in [-0.25, -0.2) is 0 Å². The van der Waals surface area contributed by atoms with E-state index in [2.05, 4.69) is 15.6 Å². The first-order valence-corrected chi connectivity index (χ1v) is 7.42. The Morgan fingerprint density at radius 2 is 1.87 bits per heavy atom. The first-order valence-electron chi connectivity index (χ1n) is 7.42. The number of aryl methyl sites for hydroxylation is 1. The molecular formula is C17H20N4O2. The summed E-state index contributed by atoms with van der Waals surface area (Å²) in [5, 5.41) is 5.65. The van der Waals surface area contributed by atoms with E-state index in [0.717, 1.165) is 5.56 Å². The molecule has 0 radical (unpaired) electrons. The predicted molar refractivity (Wildman–Crippen MR) is 90.3 cm³/mol. The molecule has 1 heterocycles. The summed E-state index contributed by atoms with van der Waals surface area (Å²) >= 11 is 0. The molecule has 0 spiro atoms. The number of aromatic nitrogens is 1. The number of nitrogens with two attached hydrogens (primary N) is 1. The summed E-state index contributed by atoms with van der Waals surface area (Å²) in [5.74, 6) is -0.312. The van der Waals surface area contributed by atoms with Gasteiger partial charge < -0.3 is 16.4 Å². The second-order valence-electron chi connectivity index (χ2n) is 5.16. The van der Waals surface area contributed by atoms with Crippen LogP contribution in [-0.2, 0) is 4.79 Å². The molecule has 0 bridgehead atoms. The molecule has 6 heteroatoms. The zero-order chi connectivity index (χ0) is 16.7. The van der Waals surface area contributed by atoms with E-state index >= 15 is 0 Å². The molecule has 1 aromatic heterocycles. The summed E-state index contributed by atoms with van der Waals surface area (Å²) < 4.78 is 0. The molecule has 0 aliphatic rings. The fourth-order valence-electron chi connectivity index (χ4n) is 2.02. The van der Waals surface area contributed by atoms with Crippen molar-refractivity contribution in [2.45, 2.75) is 19.8 Å². The lowest BCUT2D eigenvalue weighted by Gasteiger charge is -2.11. The topological polar surface area (TPSA) is 97.1 Å². The lowest BCUT2D eigenvalue weighted by Crippen LogP contribution is -2.15. The minimum Gasteiger partial charge on any atom is -0.330 e. The van der Waals surface area contributed by atoms with Gasteiger partial charge in [0.15, 0.2) is 0 Å². The van der Waals surface area contributed by atoms with Crippen LogP contribution in [0.5, 0.6) is 0 Å². The van der Waals surface area contributed by atoms with Gasteiger partial charge in [0.25, 0.3) is 5.91 Å². The summed E-state index contributed by atoms with van der Waals surface area (Å²) in [5.41, 5.74) is 8.12. The third-order valence-electron chi connectivity index (χ3n) is 3.32. The highest BCUT2D eigenvalue weighted by Gasteiger charge is 2.09. The van der Waals surface area contributed by atoms with Gasteiger partial charge in [-0.05, 0) is 49.7 Å². The fraction of sp³-hybridized carbons (Fsp3) is 0.235. The van der Waals surface area contributed by atoms with Crippen LogP contribution in [0.2, 0.25) is 0 Å². The van der Waals surface area contributed by atoms with Crippen LogP contribution in [-0.4, -0.2) is 23.3 Å². The average molecular weight is 312 g/mol. The maximum absolute atomic E-state index is 12.2. The van der Waals surface area contributed by atoms with E-state index in [1.807, 2.05) is 13.0 Å². The van der Waals surface area contributed by atoms with E-state index in [1.54, 1.807) is 36.7 Å². The van der Waals surface area contributed by atoms with Gasteiger partial charge in [0.1, 0.15) is 0 Å². The van der Waals surface area contributed by atoms with Crippen molar-refractivity contribution in [2.24, 2.45) is 5.73 Å². The van der Waals surface area contributed by atoms with Gasteiger partial charge in [-0.15, -0.1) is 0 Å². The lowest BCUT2D eigenvalue weighted by atomic mass is 10.1. The number of pyridine rings is 1. The van der Waals surface area contributed by atoms with Crippen molar-refractivity contribution < 1.29 is 9.59 Å². The van der Waals surface area contributed by atoms with Gasteiger partial charge in [0.2, 0.25) is 5.91 Å². The molecule has 23 heavy (non-hydrogen) atoms. The molecule has 2 amide bonds. The molecular weight excluding hydrogens is 292 g/mol. The summed E-state index contributed by atoms with van der Waals surface area (Å²) in [6.45, 7) is 2.37. The predicted octanol–water partition coefficient (Wildman–Crippen LogP) is 2.32. The molecule has 0 saturated carbocycles. The van der Waals surface area contributed by atoms with Crippen LogP contribution in [0.3, 0.4) is 0 Å². The van der Waals surface area contributed by atoms with Crippen molar-refractivity contribution in [1.82, 2.24) is 4.98 Å². The van der Waals surface area contributed by atoms with E-state index in [4.69, 9.17) is 5.73 Å². The van der Waals surface area contributed by atoms with Crippen molar-refractivity contribution in [1.29, 1.82) is 0 Å². The lowest BCUT2D eigenvalue weighted by molar-refractivity contribution is -0.116. The largest absolute Gasteiger partial charge is 0.330 e. The van der Waals surface area contributed by atoms with E-state index in [9.17, 15) is 9.59 Å². The summed E-state index contributed by atoms with van der Waals surface area (Å²) in [4.78, 5) is 27.8. The molecule has 120 valence electrons. The molecule has 2 aromatic rings. The average Bonchev–Trinajstić information content (AvgIpc) is 2.56. The van der Waals surface area contributed by atoms with Gasteiger partial charge in [0.05, 0.1) is 0 Å². The highest BCUT2D eigenvalue weighted by atomic mass is 16.2. The van der Waals surface area contributed by atoms with Gasteiger partial charge in [-0.3, -0.25) is 14.6 Å². The number of anilines is 2. The summed E-state index contributed by atoms with van der Waals surface area (Å²) in [6, 6.07) is 8.68. The molecule has 6 nitrogen and oxygen atoms in total. The Hall–Kier alpha value is -2.73. The number of amides is 2. The minimum absolute atomic E-state index is 0.0919. The second-order valence-corrected chi connectivity index (χ2v) is 5.16. The van der Waals surface area contributed by atoms with Crippen molar-refractivity contribution in [3.8, 4) is 0 Å². The number of hydrogen-bond acceptors (Lipinski definition) is 4. The van der Waals surface area contributed by atoms with E-state index in [1.165, 1.54) is 0 Å². The third-order valence-corrected chi connectivity index (χ3v) is 3.32. The molecule has 4 N–H and O–H groups in total. The molecule has 1 aromatic carbocycles. The number of nitrogens with zero attached hydrogens (tertiary/aromatic N) is 1. The molecule has 0 unspecified atom stereocenters. The Balaban J connectivity index is 2.08. The van der Waals surface area contributed by atoms with Crippen LogP contribution in [0.4, 0.5) is 11.4 Å². The van der Waals surface area contributed by atoms with Crippen LogP contribution in [0.1, 0.15) is 28.8 Å². The summed E-state index contributed by atoms with van der Waals surface area (Å²) in [7, 11) is 0. The van der Waals surface area contributed by atoms with E-state index < -0.39 is 0 Å².